The van der Waals surface area contributed by atoms with Crippen LogP contribution in [0.4, 0.5) is 0 Å². The first-order valence-corrected chi connectivity index (χ1v) is 13.6. The molecule has 1 aliphatic rings. The highest BCUT2D eigenvalue weighted by Crippen LogP contribution is 2.37. The summed E-state index contributed by atoms with van der Waals surface area (Å²) in [5.74, 6) is 0.955. The summed E-state index contributed by atoms with van der Waals surface area (Å²) in [4.78, 5) is 15.2. The van der Waals surface area contributed by atoms with E-state index in [4.69, 9.17) is 4.74 Å². The van der Waals surface area contributed by atoms with Crippen LogP contribution in [0.3, 0.4) is 0 Å². The van der Waals surface area contributed by atoms with Crippen LogP contribution in [-0.4, -0.2) is 38.3 Å². The van der Waals surface area contributed by atoms with Crippen molar-refractivity contribution < 1.29 is 9.53 Å². The Balaban J connectivity index is 1.53. The summed E-state index contributed by atoms with van der Waals surface area (Å²) in [6.07, 6.45) is 1.13. The maximum absolute atomic E-state index is 12.7. The van der Waals surface area contributed by atoms with Crippen LogP contribution >= 0.6 is 0 Å². The van der Waals surface area contributed by atoms with Crippen molar-refractivity contribution in [2.75, 3.05) is 6.54 Å². The zero-order valence-electron chi connectivity index (χ0n) is 23.4. The molecule has 198 valence electrons. The van der Waals surface area contributed by atoms with Crippen molar-refractivity contribution in [3.63, 3.8) is 0 Å². The average molecular weight is 511 g/mol. The molecule has 5 rings (SSSR count). The summed E-state index contributed by atoms with van der Waals surface area (Å²) >= 11 is 0. The van der Waals surface area contributed by atoms with Gasteiger partial charge in [-0.25, -0.2) is 4.68 Å². The maximum atomic E-state index is 12.7. The smallest absolute Gasteiger partial charge is 0.133 e. The molecule has 6 heteroatoms. The van der Waals surface area contributed by atoms with E-state index >= 15 is 0 Å². The second kappa shape index (κ2) is 10.7. The minimum atomic E-state index is -0.165. The minimum Gasteiger partial charge on any atom is -0.489 e. The Morgan fingerprint density at radius 3 is 2.68 bits per heavy atom. The molecule has 1 aromatic heterocycles. The SMILES string of the molecule is CC[C@@H]1CN(Cc2cc([C@H](c3ccc4c(nnn4C)c3C)[C@@H](C)C(C)=O)ccc2C)Cc2ccccc2O1. The van der Waals surface area contributed by atoms with Gasteiger partial charge < -0.3 is 4.74 Å². The number of para-hydroxylation sites is 1. The van der Waals surface area contributed by atoms with Gasteiger partial charge in [0.2, 0.25) is 0 Å². The summed E-state index contributed by atoms with van der Waals surface area (Å²) < 4.78 is 8.14. The average Bonchev–Trinajstić information content (AvgIpc) is 3.18. The molecule has 4 aromatic rings. The van der Waals surface area contributed by atoms with Crippen molar-refractivity contribution in [3.8, 4) is 5.75 Å². The first kappa shape index (κ1) is 26.1. The number of carbonyl (C=O) groups excluding carboxylic acids is 1. The van der Waals surface area contributed by atoms with Gasteiger partial charge in [0.1, 0.15) is 23.2 Å². The first-order valence-electron chi connectivity index (χ1n) is 13.6. The molecule has 0 bridgehead atoms. The van der Waals surface area contributed by atoms with Gasteiger partial charge in [-0.15, -0.1) is 5.10 Å². The number of hydrogen-bond acceptors (Lipinski definition) is 5. The van der Waals surface area contributed by atoms with Gasteiger partial charge in [0.15, 0.2) is 0 Å². The van der Waals surface area contributed by atoms with Gasteiger partial charge >= 0.3 is 0 Å². The van der Waals surface area contributed by atoms with Gasteiger partial charge in [0, 0.05) is 44.1 Å². The molecule has 0 radical (unpaired) electrons. The van der Waals surface area contributed by atoms with Gasteiger partial charge in [-0.1, -0.05) is 61.5 Å². The van der Waals surface area contributed by atoms with Crippen LogP contribution in [0.25, 0.3) is 11.0 Å². The summed E-state index contributed by atoms with van der Waals surface area (Å²) in [6, 6.07) is 19.3. The molecule has 0 aliphatic carbocycles. The highest BCUT2D eigenvalue weighted by Gasteiger charge is 2.28. The van der Waals surface area contributed by atoms with E-state index in [1.807, 2.05) is 20.0 Å². The van der Waals surface area contributed by atoms with E-state index in [0.29, 0.717) is 0 Å². The Kier molecular flexibility index (Phi) is 7.35. The Bertz CT molecular complexity index is 1470. The molecule has 0 N–H and O–H groups in total. The molecule has 38 heavy (non-hydrogen) atoms. The molecule has 3 atom stereocenters. The quantitative estimate of drug-likeness (QED) is 0.300. The Hall–Kier alpha value is -3.51. The van der Waals surface area contributed by atoms with Crippen LogP contribution in [0.5, 0.6) is 5.75 Å². The highest BCUT2D eigenvalue weighted by atomic mass is 16.5. The molecule has 0 amide bonds. The second-order valence-electron chi connectivity index (χ2n) is 10.8. The number of fused-ring (bicyclic) bond motifs is 2. The van der Waals surface area contributed by atoms with E-state index in [2.05, 4.69) is 84.5 Å². The molecule has 0 fully saturated rings. The normalized spacial score (nSPS) is 17.5. The molecule has 0 unspecified atom stereocenters. The fraction of sp³-hybridized carbons (Fsp3) is 0.406. The lowest BCUT2D eigenvalue weighted by atomic mass is 9.77. The van der Waals surface area contributed by atoms with Crippen molar-refractivity contribution in [3.05, 3.63) is 88.0 Å². The summed E-state index contributed by atoms with van der Waals surface area (Å²) in [6.45, 7) is 12.8. The lowest BCUT2D eigenvalue weighted by Crippen LogP contribution is -2.32. The second-order valence-corrected chi connectivity index (χ2v) is 10.8. The summed E-state index contributed by atoms with van der Waals surface area (Å²) in [7, 11) is 1.91. The number of Topliss-reactive ketones (excluding diaryl/α,β-unsaturated/α-hetero) is 1. The third-order valence-corrected chi connectivity index (χ3v) is 8.26. The van der Waals surface area contributed by atoms with Crippen LogP contribution in [0, 0.1) is 19.8 Å². The number of benzene rings is 3. The van der Waals surface area contributed by atoms with E-state index in [1.165, 1.54) is 16.7 Å². The molecule has 0 saturated carbocycles. The van der Waals surface area contributed by atoms with Crippen LogP contribution < -0.4 is 4.74 Å². The molecular formula is C32H38N4O2. The number of aromatic nitrogens is 3. The van der Waals surface area contributed by atoms with E-state index < -0.39 is 0 Å². The van der Waals surface area contributed by atoms with Crippen LogP contribution in [0.1, 0.15) is 66.5 Å². The number of carbonyl (C=O) groups is 1. The summed E-state index contributed by atoms with van der Waals surface area (Å²) in [5.41, 5.74) is 9.06. The molecule has 0 saturated heterocycles. The predicted octanol–water partition coefficient (Wildman–Crippen LogP) is 6.12. The van der Waals surface area contributed by atoms with E-state index in [0.717, 1.165) is 59.5 Å². The monoisotopic (exact) mass is 510 g/mol. The molecule has 0 spiro atoms. The Morgan fingerprint density at radius 1 is 1.13 bits per heavy atom. The Morgan fingerprint density at radius 2 is 1.92 bits per heavy atom. The zero-order chi connectivity index (χ0) is 27.0. The van der Waals surface area contributed by atoms with E-state index in [1.54, 1.807) is 11.6 Å². The predicted molar refractivity (Wildman–Crippen MR) is 151 cm³/mol. The topological polar surface area (TPSA) is 60.2 Å². The van der Waals surface area contributed by atoms with Crippen molar-refractivity contribution in [1.82, 2.24) is 19.9 Å². The number of rotatable bonds is 7. The fourth-order valence-corrected chi connectivity index (χ4v) is 5.75. The molecule has 6 nitrogen and oxygen atoms in total. The number of ether oxygens (including phenoxy) is 1. The standard InChI is InChI=1S/C32H38N4O2/c1-7-27-19-36(17-25-10-8-9-11-30(25)38-27)18-26-16-24(13-12-20(26)2)31(21(3)23(5)37)28-14-15-29-32(22(28)4)33-34-35(29)6/h8-16,21,27,31H,7,17-19H2,1-6H3/t21-,27+,31+/m0/s1. The number of nitrogens with zero attached hydrogens (tertiary/aromatic N) is 4. The first-order chi connectivity index (χ1) is 18.3. The van der Waals surface area contributed by atoms with Crippen molar-refractivity contribution in [2.24, 2.45) is 13.0 Å². The van der Waals surface area contributed by atoms with Crippen molar-refractivity contribution in [1.29, 1.82) is 0 Å². The van der Waals surface area contributed by atoms with E-state index in [9.17, 15) is 4.79 Å². The maximum Gasteiger partial charge on any atom is 0.133 e. The zero-order valence-corrected chi connectivity index (χ0v) is 23.4. The number of aryl methyl sites for hydroxylation is 3. The van der Waals surface area contributed by atoms with Crippen molar-refractivity contribution in [2.45, 2.75) is 66.2 Å². The molecule has 3 aromatic carbocycles. The lowest BCUT2D eigenvalue weighted by molar-refractivity contribution is -0.120. The summed E-state index contributed by atoms with van der Waals surface area (Å²) in [5, 5.41) is 8.64. The van der Waals surface area contributed by atoms with Gasteiger partial charge in [0.25, 0.3) is 0 Å². The fourth-order valence-electron chi connectivity index (χ4n) is 5.75. The van der Waals surface area contributed by atoms with Crippen molar-refractivity contribution >= 4 is 16.8 Å². The Labute approximate surface area is 225 Å². The molecule has 2 heterocycles. The number of ketones is 1. The van der Waals surface area contributed by atoms with Crippen LogP contribution in [0.15, 0.2) is 54.6 Å². The van der Waals surface area contributed by atoms with Crippen LogP contribution in [-0.2, 0) is 24.9 Å². The minimum absolute atomic E-state index is 0.0603. The van der Waals surface area contributed by atoms with Gasteiger partial charge in [-0.05, 0) is 67.1 Å². The van der Waals surface area contributed by atoms with E-state index in [-0.39, 0.29) is 23.7 Å². The van der Waals surface area contributed by atoms with Gasteiger partial charge in [-0.2, -0.15) is 0 Å². The van der Waals surface area contributed by atoms with Crippen LogP contribution in [0.2, 0.25) is 0 Å². The highest BCUT2D eigenvalue weighted by molar-refractivity contribution is 5.82. The van der Waals surface area contributed by atoms with Gasteiger partial charge in [0.05, 0.1) is 5.52 Å². The number of hydrogen-bond donors (Lipinski definition) is 0. The molecular weight excluding hydrogens is 472 g/mol. The third kappa shape index (κ3) is 4.97. The third-order valence-electron chi connectivity index (χ3n) is 8.26. The lowest BCUT2D eigenvalue weighted by Gasteiger charge is -2.27. The molecule has 1 aliphatic heterocycles. The van der Waals surface area contributed by atoms with Gasteiger partial charge in [-0.3, -0.25) is 9.69 Å². The largest absolute Gasteiger partial charge is 0.489 e.